The Morgan fingerprint density at radius 2 is 2.22 bits per heavy atom. The average molecular weight is 293 g/mol. The summed E-state index contributed by atoms with van der Waals surface area (Å²) in [6.45, 7) is 0.609. The molecule has 0 radical (unpaired) electrons. The molecule has 0 spiro atoms. The van der Waals surface area contributed by atoms with Crippen LogP contribution >= 0.6 is 11.6 Å². The van der Waals surface area contributed by atoms with Crippen LogP contribution in [-0.4, -0.2) is 31.9 Å². The molecule has 0 aromatic heterocycles. The minimum Gasteiger partial charge on any atom is -0.329 e. The molecule has 0 aliphatic carbocycles. The molecule has 1 saturated heterocycles. The summed E-state index contributed by atoms with van der Waals surface area (Å²) in [4.78, 5) is -0.379. The van der Waals surface area contributed by atoms with E-state index in [4.69, 9.17) is 17.3 Å². The van der Waals surface area contributed by atoms with Crippen molar-refractivity contribution in [1.29, 1.82) is 0 Å². The maximum atomic E-state index is 13.8. The van der Waals surface area contributed by atoms with Crippen LogP contribution < -0.4 is 5.73 Å². The molecule has 7 heteroatoms. The second-order valence-corrected chi connectivity index (χ2v) is 6.47. The standard InChI is InChI=1S/C11H14ClFN2O2S/c12-9-4-1-5-10(11(9)13)18(16,17)15-6-2-3-8(15)7-14/h1,4-5,8H,2-3,6-7,14H2/t8-/m1/s1. The van der Waals surface area contributed by atoms with E-state index in [9.17, 15) is 12.8 Å². The Morgan fingerprint density at radius 1 is 1.50 bits per heavy atom. The lowest BCUT2D eigenvalue weighted by atomic mass is 10.2. The van der Waals surface area contributed by atoms with Crippen molar-refractivity contribution in [3.05, 3.63) is 29.0 Å². The summed E-state index contributed by atoms with van der Waals surface area (Å²) < 4.78 is 39.8. The van der Waals surface area contributed by atoms with Gasteiger partial charge < -0.3 is 5.73 Å². The predicted molar refractivity (Wildman–Crippen MR) is 67.4 cm³/mol. The molecule has 4 nitrogen and oxygen atoms in total. The summed E-state index contributed by atoms with van der Waals surface area (Å²) in [7, 11) is -3.86. The maximum absolute atomic E-state index is 13.8. The van der Waals surface area contributed by atoms with Crippen molar-refractivity contribution in [1.82, 2.24) is 4.31 Å². The third kappa shape index (κ3) is 2.25. The third-order valence-electron chi connectivity index (χ3n) is 3.10. The maximum Gasteiger partial charge on any atom is 0.246 e. The Kier molecular flexibility index (Phi) is 3.91. The van der Waals surface area contributed by atoms with E-state index in [1.807, 2.05) is 0 Å². The highest BCUT2D eigenvalue weighted by atomic mass is 35.5. The molecule has 0 bridgehead atoms. The first-order valence-corrected chi connectivity index (χ1v) is 7.46. The van der Waals surface area contributed by atoms with Crippen LogP contribution in [0.15, 0.2) is 23.1 Å². The van der Waals surface area contributed by atoms with Crippen molar-refractivity contribution in [2.24, 2.45) is 5.73 Å². The van der Waals surface area contributed by atoms with E-state index in [1.165, 1.54) is 22.5 Å². The molecule has 0 saturated carbocycles. The van der Waals surface area contributed by atoms with Crippen molar-refractivity contribution >= 4 is 21.6 Å². The van der Waals surface area contributed by atoms with E-state index < -0.39 is 15.8 Å². The molecule has 1 aromatic carbocycles. The fraction of sp³-hybridized carbons (Fsp3) is 0.455. The lowest BCUT2D eigenvalue weighted by molar-refractivity contribution is 0.390. The molecule has 0 unspecified atom stereocenters. The highest BCUT2D eigenvalue weighted by Gasteiger charge is 2.36. The lowest BCUT2D eigenvalue weighted by Crippen LogP contribution is -2.40. The van der Waals surface area contributed by atoms with Gasteiger partial charge in [-0.05, 0) is 25.0 Å². The van der Waals surface area contributed by atoms with Gasteiger partial charge in [-0.2, -0.15) is 4.31 Å². The average Bonchev–Trinajstić information content (AvgIpc) is 2.81. The first-order chi connectivity index (χ1) is 8.48. The fourth-order valence-electron chi connectivity index (χ4n) is 2.17. The predicted octanol–water partition coefficient (Wildman–Crippen LogP) is 1.59. The number of nitrogens with zero attached hydrogens (tertiary/aromatic N) is 1. The molecular weight excluding hydrogens is 279 g/mol. The number of sulfonamides is 1. The minimum absolute atomic E-state index is 0.195. The van der Waals surface area contributed by atoms with Crippen LogP contribution in [0.4, 0.5) is 4.39 Å². The van der Waals surface area contributed by atoms with Crippen LogP contribution in [0.1, 0.15) is 12.8 Å². The zero-order valence-electron chi connectivity index (χ0n) is 9.64. The lowest BCUT2D eigenvalue weighted by Gasteiger charge is -2.23. The second kappa shape index (κ2) is 5.13. The monoisotopic (exact) mass is 292 g/mol. The van der Waals surface area contributed by atoms with E-state index in [2.05, 4.69) is 0 Å². The van der Waals surface area contributed by atoms with Gasteiger partial charge in [0.15, 0.2) is 5.82 Å². The van der Waals surface area contributed by atoms with Crippen molar-refractivity contribution in [3.63, 3.8) is 0 Å². The number of benzene rings is 1. The zero-order valence-corrected chi connectivity index (χ0v) is 11.2. The number of halogens is 2. The molecule has 2 rings (SSSR count). The molecule has 0 amide bonds. The van der Waals surface area contributed by atoms with Crippen LogP contribution in [0, 0.1) is 5.82 Å². The minimum atomic E-state index is -3.86. The van der Waals surface area contributed by atoms with E-state index in [0.29, 0.717) is 13.0 Å². The molecule has 1 aromatic rings. The molecule has 2 N–H and O–H groups in total. The summed E-state index contributed by atoms with van der Waals surface area (Å²) in [5.74, 6) is -0.901. The quantitative estimate of drug-likeness (QED) is 0.920. The van der Waals surface area contributed by atoms with Crippen molar-refractivity contribution in [3.8, 4) is 0 Å². The first-order valence-electron chi connectivity index (χ1n) is 5.64. The summed E-state index contributed by atoms with van der Waals surface area (Å²) in [6.07, 6.45) is 1.45. The van der Waals surface area contributed by atoms with Crippen LogP contribution in [0.2, 0.25) is 5.02 Å². The zero-order chi connectivity index (χ0) is 13.3. The van der Waals surface area contributed by atoms with Crippen LogP contribution in [0.25, 0.3) is 0 Å². The van der Waals surface area contributed by atoms with Gasteiger partial charge in [0.2, 0.25) is 10.0 Å². The van der Waals surface area contributed by atoms with Crippen molar-refractivity contribution in [2.75, 3.05) is 13.1 Å². The van der Waals surface area contributed by atoms with Gasteiger partial charge in [-0.15, -0.1) is 0 Å². The third-order valence-corrected chi connectivity index (χ3v) is 5.36. The molecule has 1 heterocycles. The number of hydrogen-bond acceptors (Lipinski definition) is 3. The van der Waals surface area contributed by atoms with Gasteiger partial charge in [0.25, 0.3) is 0 Å². The molecule has 18 heavy (non-hydrogen) atoms. The van der Waals surface area contributed by atoms with Gasteiger partial charge in [-0.3, -0.25) is 0 Å². The molecule has 1 aliphatic heterocycles. The molecule has 100 valence electrons. The molecule has 1 fully saturated rings. The smallest absolute Gasteiger partial charge is 0.246 e. The second-order valence-electron chi connectivity index (χ2n) is 4.20. The topological polar surface area (TPSA) is 63.4 Å². The van der Waals surface area contributed by atoms with Crippen molar-refractivity contribution < 1.29 is 12.8 Å². The SMILES string of the molecule is NC[C@H]1CCCN1S(=O)(=O)c1cccc(Cl)c1F. The Labute approximate surface area is 111 Å². The fourth-order valence-corrected chi connectivity index (χ4v) is 4.19. The van der Waals surface area contributed by atoms with Gasteiger partial charge in [0.1, 0.15) is 4.90 Å². The summed E-state index contributed by atoms with van der Waals surface area (Å²) in [5, 5.41) is -0.195. The van der Waals surface area contributed by atoms with E-state index >= 15 is 0 Å². The largest absolute Gasteiger partial charge is 0.329 e. The van der Waals surface area contributed by atoms with Gasteiger partial charge >= 0.3 is 0 Å². The summed E-state index contributed by atoms with van der Waals surface area (Å²) in [5.41, 5.74) is 5.54. The normalized spacial score (nSPS) is 21.4. The number of hydrogen-bond donors (Lipinski definition) is 1. The Bertz CT molecular complexity index is 550. The van der Waals surface area contributed by atoms with Crippen molar-refractivity contribution in [2.45, 2.75) is 23.8 Å². The van der Waals surface area contributed by atoms with Gasteiger partial charge in [0, 0.05) is 19.1 Å². The number of nitrogens with two attached hydrogens (primary N) is 1. The molecule has 1 aliphatic rings. The van der Waals surface area contributed by atoms with Crippen LogP contribution in [0.5, 0.6) is 0 Å². The van der Waals surface area contributed by atoms with Crippen LogP contribution in [0.3, 0.4) is 0 Å². The first kappa shape index (κ1) is 13.7. The Hall–Kier alpha value is -0.690. The Morgan fingerprint density at radius 3 is 2.89 bits per heavy atom. The molecular formula is C11H14ClFN2O2S. The highest BCUT2D eigenvalue weighted by Crippen LogP contribution is 2.29. The molecule has 1 atom stereocenters. The van der Waals surface area contributed by atoms with E-state index in [-0.39, 0.29) is 22.5 Å². The Balaban J connectivity index is 2.45. The van der Waals surface area contributed by atoms with Gasteiger partial charge in [0.05, 0.1) is 5.02 Å². The van der Waals surface area contributed by atoms with E-state index in [1.54, 1.807) is 0 Å². The number of rotatable bonds is 3. The summed E-state index contributed by atoms with van der Waals surface area (Å²) in [6, 6.07) is 3.71. The highest BCUT2D eigenvalue weighted by molar-refractivity contribution is 7.89. The summed E-state index contributed by atoms with van der Waals surface area (Å²) >= 11 is 5.61. The van der Waals surface area contributed by atoms with Gasteiger partial charge in [-0.25, -0.2) is 12.8 Å². The van der Waals surface area contributed by atoms with Gasteiger partial charge in [-0.1, -0.05) is 17.7 Å². The van der Waals surface area contributed by atoms with Crippen LogP contribution in [-0.2, 0) is 10.0 Å². The van der Waals surface area contributed by atoms with E-state index in [0.717, 1.165) is 6.42 Å².